The average molecular weight is 241 g/mol. The number of nitrogens with two attached hydrogens (primary N) is 1. The molecule has 0 saturated carbocycles. The van der Waals surface area contributed by atoms with Crippen molar-refractivity contribution >= 4 is 5.91 Å². The summed E-state index contributed by atoms with van der Waals surface area (Å²) in [6.07, 6.45) is 2.46. The lowest BCUT2D eigenvalue weighted by Gasteiger charge is -2.36. The molecule has 0 aromatic carbocycles. The van der Waals surface area contributed by atoms with E-state index in [0.717, 1.165) is 13.1 Å². The molecule has 1 unspecified atom stereocenters. The molecular formula is C13H27N3O. The van der Waals surface area contributed by atoms with Crippen molar-refractivity contribution in [3.8, 4) is 0 Å². The highest BCUT2D eigenvalue weighted by Crippen LogP contribution is 2.17. The van der Waals surface area contributed by atoms with Crippen molar-refractivity contribution in [2.45, 2.75) is 45.7 Å². The summed E-state index contributed by atoms with van der Waals surface area (Å²) in [7, 11) is 2.15. The van der Waals surface area contributed by atoms with Crippen molar-refractivity contribution in [1.82, 2.24) is 9.80 Å². The third kappa shape index (κ3) is 4.28. The predicted molar refractivity (Wildman–Crippen MR) is 70.7 cm³/mol. The number of amides is 1. The Morgan fingerprint density at radius 3 is 2.59 bits per heavy atom. The average Bonchev–Trinajstić information content (AvgIpc) is 2.24. The summed E-state index contributed by atoms with van der Waals surface area (Å²) < 4.78 is 0. The molecule has 0 aromatic rings. The number of rotatable bonds is 4. The van der Waals surface area contributed by atoms with Gasteiger partial charge in [-0.15, -0.1) is 0 Å². The normalized spacial score (nSPS) is 23.8. The molecule has 0 aromatic heterocycles. The van der Waals surface area contributed by atoms with Gasteiger partial charge in [0.25, 0.3) is 0 Å². The highest BCUT2D eigenvalue weighted by atomic mass is 16.2. The number of carbonyl (C=O) groups is 1. The Bertz CT molecular complexity index is 253. The second-order valence-electron chi connectivity index (χ2n) is 5.64. The number of likely N-dealkylation sites (tertiary alicyclic amines) is 1. The van der Waals surface area contributed by atoms with E-state index in [2.05, 4.69) is 25.8 Å². The standard InChI is InChI=1S/C13H27N3O/c1-10(2)16(13(17)11(3)14)9-12-6-5-7-15(4)8-12/h10-12H,5-9,14H2,1-4H3/t11-,12?/m0/s1. The molecule has 1 heterocycles. The summed E-state index contributed by atoms with van der Waals surface area (Å²) >= 11 is 0. The van der Waals surface area contributed by atoms with Crippen LogP contribution in [0.15, 0.2) is 0 Å². The molecule has 2 N–H and O–H groups in total. The first kappa shape index (κ1) is 14.5. The van der Waals surface area contributed by atoms with Gasteiger partial charge >= 0.3 is 0 Å². The fraction of sp³-hybridized carbons (Fsp3) is 0.923. The van der Waals surface area contributed by atoms with Gasteiger partial charge in [-0.25, -0.2) is 0 Å². The highest BCUT2D eigenvalue weighted by Gasteiger charge is 2.25. The Morgan fingerprint density at radius 1 is 1.47 bits per heavy atom. The molecule has 17 heavy (non-hydrogen) atoms. The molecule has 0 radical (unpaired) electrons. The van der Waals surface area contributed by atoms with E-state index in [9.17, 15) is 4.79 Å². The number of hydrogen-bond acceptors (Lipinski definition) is 3. The smallest absolute Gasteiger partial charge is 0.239 e. The minimum Gasteiger partial charge on any atom is -0.339 e. The maximum absolute atomic E-state index is 12.0. The molecule has 4 nitrogen and oxygen atoms in total. The SMILES string of the molecule is CC(C)N(CC1CCCN(C)C1)C(=O)[C@H](C)N. The topological polar surface area (TPSA) is 49.6 Å². The zero-order chi connectivity index (χ0) is 13.0. The number of nitrogens with zero attached hydrogens (tertiary/aromatic N) is 2. The van der Waals surface area contributed by atoms with Crippen LogP contribution in [0.3, 0.4) is 0 Å². The fourth-order valence-electron chi connectivity index (χ4n) is 2.52. The van der Waals surface area contributed by atoms with Crippen LogP contribution in [0.25, 0.3) is 0 Å². The van der Waals surface area contributed by atoms with Gasteiger partial charge in [-0.05, 0) is 53.1 Å². The van der Waals surface area contributed by atoms with Gasteiger partial charge in [0.05, 0.1) is 6.04 Å². The van der Waals surface area contributed by atoms with Crippen molar-refractivity contribution in [2.24, 2.45) is 11.7 Å². The molecule has 0 bridgehead atoms. The largest absolute Gasteiger partial charge is 0.339 e. The van der Waals surface area contributed by atoms with E-state index in [0.29, 0.717) is 5.92 Å². The van der Waals surface area contributed by atoms with Gasteiger partial charge in [0, 0.05) is 19.1 Å². The van der Waals surface area contributed by atoms with E-state index in [1.807, 2.05) is 4.90 Å². The van der Waals surface area contributed by atoms with Crippen LogP contribution in [0.5, 0.6) is 0 Å². The minimum absolute atomic E-state index is 0.0771. The Balaban J connectivity index is 2.57. The number of piperidine rings is 1. The van der Waals surface area contributed by atoms with Crippen LogP contribution in [0.2, 0.25) is 0 Å². The monoisotopic (exact) mass is 241 g/mol. The van der Waals surface area contributed by atoms with Crippen LogP contribution in [0, 0.1) is 5.92 Å². The molecule has 1 rings (SSSR count). The first-order valence-corrected chi connectivity index (χ1v) is 6.66. The summed E-state index contributed by atoms with van der Waals surface area (Å²) in [6.45, 7) is 9.02. The zero-order valence-corrected chi connectivity index (χ0v) is 11.6. The molecule has 2 atom stereocenters. The Kier molecular flexibility index (Phi) is 5.40. The van der Waals surface area contributed by atoms with Crippen LogP contribution >= 0.6 is 0 Å². The van der Waals surface area contributed by atoms with Gasteiger partial charge in [0.1, 0.15) is 0 Å². The zero-order valence-electron chi connectivity index (χ0n) is 11.6. The second kappa shape index (κ2) is 6.36. The van der Waals surface area contributed by atoms with Gasteiger partial charge in [-0.1, -0.05) is 0 Å². The number of hydrogen-bond donors (Lipinski definition) is 1. The third-order valence-electron chi connectivity index (χ3n) is 3.47. The van der Waals surface area contributed by atoms with Gasteiger partial charge in [0.15, 0.2) is 0 Å². The van der Waals surface area contributed by atoms with E-state index in [1.165, 1.54) is 19.4 Å². The van der Waals surface area contributed by atoms with E-state index in [-0.39, 0.29) is 11.9 Å². The lowest BCUT2D eigenvalue weighted by molar-refractivity contribution is -0.134. The van der Waals surface area contributed by atoms with Crippen molar-refractivity contribution < 1.29 is 4.79 Å². The Labute approximate surface area is 105 Å². The van der Waals surface area contributed by atoms with Crippen LogP contribution in [0.4, 0.5) is 0 Å². The molecule has 0 spiro atoms. The van der Waals surface area contributed by atoms with E-state index in [1.54, 1.807) is 6.92 Å². The first-order valence-electron chi connectivity index (χ1n) is 6.66. The van der Waals surface area contributed by atoms with E-state index >= 15 is 0 Å². The van der Waals surface area contributed by atoms with Gasteiger partial charge in [-0.2, -0.15) is 0 Å². The molecule has 1 aliphatic rings. The van der Waals surface area contributed by atoms with Gasteiger partial charge < -0.3 is 15.5 Å². The van der Waals surface area contributed by atoms with Gasteiger partial charge in [0.2, 0.25) is 5.91 Å². The van der Waals surface area contributed by atoms with Crippen LogP contribution in [0.1, 0.15) is 33.6 Å². The van der Waals surface area contributed by atoms with Crippen LogP contribution in [-0.2, 0) is 4.79 Å². The van der Waals surface area contributed by atoms with Crippen LogP contribution < -0.4 is 5.73 Å². The lowest BCUT2D eigenvalue weighted by Crippen LogP contribution is -2.49. The van der Waals surface area contributed by atoms with E-state index < -0.39 is 6.04 Å². The first-order chi connectivity index (χ1) is 7.91. The summed E-state index contributed by atoms with van der Waals surface area (Å²) in [6, 6.07) is -0.153. The fourth-order valence-corrected chi connectivity index (χ4v) is 2.52. The van der Waals surface area contributed by atoms with E-state index in [4.69, 9.17) is 5.73 Å². The molecule has 100 valence electrons. The number of carbonyl (C=O) groups excluding carboxylic acids is 1. The Morgan fingerprint density at radius 2 is 2.12 bits per heavy atom. The summed E-state index contributed by atoms with van der Waals surface area (Å²) in [4.78, 5) is 16.3. The lowest BCUT2D eigenvalue weighted by atomic mass is 9.97. The highest BCUT2D eigenvalue weighted by molar-refractivity contribution is 5.81. The third-order valence-corrected chi connectivity index (χ3v) is 3.47. The van der Waals surface area contributed by atoms with Crippen molar-refractivity contribution in [1.29, 1.82) is 0 Å². The molecule has 4 heteroatoms. The Hall–Kier alpha value is -0.610. The van der Waals surface area contributed by atoms with Crippen molar-refractivity contribution in [2.75, 3.05) is 26.7 Å². The molecule has 1 amide bonds. The van der Waals surface area contributed by atoms with Crippen molar-refractivity contribution in [3.63, 3.8) is 0 Å². The summed E-state index contributed by atoms with van der Waals surface area (Å²) in [5, 5.41) is 0. The second-order valence-corrected chi connectivity index (χ2v) is 5.64. The summed E-state index contributed by atoms with van der Waals surface area (Å²) in [5.74, 6) is 0.673. The minimum atomic E-state index is -0.390. The van der Waals surface area contributed by atoms with Crippen molar-refractivity contribution in [3.05, 3.63) is 0 Å². The molecule has 1 aliphatic heterocycles. The molecule has 0 aliphatic carbocycles. The molecular weight excluding hydrogens is 214 g/mol. The summed E-state index contributed by atoms with van der Waals surface area (Å²) in [5.41, 5.74) is 5.71. The van der Waals surface area contributed by atoms with Gasteiger partial charge in [-0.3, -0.25) is 4.79 Å². The van der Waals surface area contributed by atoms with Crippen LogP contribution in [-0.4, -0.2) is 54.5 Å². The predicted octanol–water partition coefficient (Wildman–Crippen LogP) is 0.912. The molecule has 1 saturated heterocycles. The maximum Gasteiger partial charge on any atom is 0.239 e. The quantitative estimate of drug-likeness (QED) is 0.796. The maximum atomic E-state index is 12.0. The molecule has 1 fully saturated rings.